The summed E-state index contributed by atoms with van der Waals surface area (Å²) in [4.78, 5) is 41.1. The van der Waals surface area contributed by atoms with E-state index in [-0.39, 0.29) is 36.9 Å². The molecule has 0 aliphatic heterocycles. The molecule has 1 heterocycles. The third-order valence-electron chi connectivity index (χ3n) is 3.85. The molecule has 0 aliphatic carbocycles. The first kappa shape index (κ1) is 20.7. The van der Waals surface area contributed by atoms with Gasteiger partial charge in [0.2, 0.25) is 0 Å². The highest BCUT2D eigenvalue weighted by Gasteiger charge is 2.26. The number of aromatic amines is 1. The third kappa shape index (κ3) is 4.84. The van der Waals surface area contributed by atoms with E-state index in [1.807, 2.05) is 27.7 Å². The molecule has 25 heavy (non-hydrogen) atoms. The normalized spacial score (nSPS) is 10.9. The molecule has 0 aliphatic rings. The number of hydrogen-bond donors (Lipinski definition) is 1. The van der Waals surface area contributed by atoms with Crippen LogP contribution in [0.1, 0.15) is 66.7 Å². The van der Waals surface area contributed by atoms with Gasteiger partial charge >= 0.3 is 11.9 Å². The number of rotatable bonds is 7. The lowest BCUT2D eigenvalue weighted by Gasteiger charge is -2.30. The first-order chi connectivity index (χ1) is 11.6. The molecule has 0 fully saturated rings. The van der Waals surface area contributed by atoms with Gasteiger partial charge in [-0.15, -0.1) is 0 Å². The summed E-state index contributed by atoms with van der Waals surface area (Å²) < 4.78 is 10.1. The second kappa shape index (κ2) is 8.69. The highest BCUT2D eigenvalue weighted by molar-refractivity contribution is 5.99. The number of ether oxygens (including phenoxy) is 2. The molecule has 7 heteroatoms. The van der Waals surface area contributed by atoms with E-state index in [1.165, 1.54) is 0 Å². The van der Waals surface area contributed by atoms with Crippen LogP contribution in [0.25, 0.3) is 0 Å². The molecular weight excluding hydrogens is 324 g/mol. The molecule has 0 saturated carbocycles. The highest BCUT2D eigenvalue weighted by atomic mass is 16.5. The van der Waals surface area contributed by atoms with Crippen molar-refractivity contribution in [1.29, 1.82) is 0 Å². The van der Waals surface area contributed by atoms with Gasteiger partial charge in [0, 0.05) is 17.8 Å². The van der Waals surface area contributed by atoms with Crippen molar-refractivity contribution in [3.05, 3.63) is 22.5 Å². The van der Waals surface area contributed by atoms with E-state index in [2.05, 4.69) is 4.98 Å². The lowest BCUT2D eigenvalue weighted by Crippen LogP contribution is -2.44. The minimum Gasteiger partial charge on any atom is -0.462 e. The molecule has 1 N–H and O–H groups in total. The summed E-state index contributed by atoms with van der Waals surface area (Å²) >= 11 is 0. The Bertz CT molecular complexity index is 638. The van der Waals surface area contributed by atoms with E-state index in [1.54, 1.807) is 25.7 Å². The van der Waals surface area contributed by atoms with Crippen LogP contribution in [0.15, 0.2) is 0 Å². The van der Waals surface area contributed by atoms with Crippen molar-refractivity contribution in [3.63, 3.8) is 0 Å². The molecule has 0 atom stereocenters. The summed E-state index contributed by atoms with van der Waals surface area (Å²) in [6, 6.07) is 0.0205. The smallest absolute Gasteiger partial charge is 0.355 e. The number of carbonyl (C=O) groups excluding carboxylic acids is 3. The molecule has 1 aromatic rings. The highest BCUT2D eigenvalue weighted by Crippen LogP contribution is 2.20. The predicted octanol–water partition coefficient (Wildman–Crippen LogP) is 2.61. The summed E-state index contributed by atoms with van der Waals surface area (Å²) in [7, 11) is 0. The maximum absolute atomic E-state index is 12.3. The van der Waals surface area contributed by atoms with Gasteiger partial charge in [0.15, 0.2) is 6.61 Å². The van der Waals surface area contributed by atoms with Gasteiger partial charge < -0.3 is 19.4 Å². The van der Waals surface area contributed by atoms with E-state index in [0.29, 0.717) is 16.8 Å². The topological polar surface area (TPSA) is 88.7 Å². The van der Waals surface area contributed by atoms with Gasteiger partial charge in [-0.1, -0.05) is 0 Å². The predicted molar refractivity (Wildman–Crippen MR) is 93.6 cm³/mol. The minimum atomic E-state index is -0.669. The quantitative estimate of drug-likeness (QED) is 0.762. The van der Waals surface area contributed by atoms with Crippen molar-refractivity contribution in [3.8, 4) is 0 Å². The Morgan fingerprint density at radius 2 is 1.56 bits per heavy atom. The van der Waals surface area contributed by atoms with Gasteiger partial charge in [-0.25, -0.2) is 9.59 Å². The van der Waals surface area contributed by atoms with Crippen molar-refractivity contribution in [2.75, 3.05) is 13.2 Å². The number of aromatic nitrogens is 1. The molecule has 0 bridgehead atoms. The van der Waals surface area contributed by atoms with Crippen molar-refractivity contribution >= 4 is 17.8 Å². The van der Waals surface area contributed by atoms with Gasteiger partial charge in [-0.3, -0.25) is 4.79 Å². The van der Waals surface area contributed by atoms with Crippen LogP contribution in [0.5, 0.6) is 0 Å². The maximum atomic E-state index is 12.3. The van der Waals surface area contributed by atoms with Gasteiger partial charge in [0.05, 0.1) is 12.2 Å². The van der Waals surface area contributed by atoms with Crippen molar-refractivity contribution < 1.29 is 23.9 Å². The monoisotopic (exact) mass is 352 g/mol. The number of nitrogens with one attached hydrogen (secondary N) is 1. The van der Waals surface area contributed by atoms with E-state index >= 15 is 0 Å². The minimum absolute atomic E-state index is 0.0103. The van der Waals surface area contributed by atoms with Gasteiger partial charge in [-0.2, -0.15) is 0 Å². The van der Waals surface area contributed by atoms with Crippen molar-refractivity contribution in [2.24, 2.45) is 0 Å². The van der Waals surface area contributed by atoms with Gasteiger partial charge in [0.25, 0.3) is 5.91 Å². The molecule has 7 nitrogen and oxygen atoms in total. The first-order valence-corrected chi connectivity index (χ1v) is 8.46. The largest absolute Gasteiger partial charge is 0.462 e. The SMILES string of the molecule is CCOC(=O)c1c(C)[nH]c(C(=O)OCC(=O)N(C(C)C)C(C)C)c1C. The fourth-order valence-corrected chi connectivity index (χ4v) is 2.91. The molecule has 1 amide bonds. The van der Waals surface area contributed by atoms with Crippen LogP contribution >= 0.6 is 0 Å². The zero-order valence-electron chi connectivity index (χ0n) is 16.1. The number of H-pyrrole nitrogens is 1. The number of nitrogens with zero attached hydrogens (tertiary/aromatic N) is 1. The van der Waals surface area contributed by atoms with Crippen molar-refractivity contribution in [1.82, 2.24) is 9.88 Å². The van der Waals surface area contributed by atoms with E-state index in [4.69, 9.17) is 9.47 Å². The third-order valence-corrected chi connectivity index (χ3v) is 3.85. The Kier molecular flexibility index (Phi) is 7.21. The Balaban J connectivity index is 2.87. The second-order valence-electron chi connectivity index (χ2n) is 6.41. The van der Waals surface area contributed by atoms with Crippen molar-refractivity contribution in [2.45, 2.75) is 60.5 Å². The average molecular weight is 352 g/mol. The van der Waals surface area contributed by atoms with E-state index in [9.17, 15) is 14.4 Å². The summed E-state index contributed by atoms with van der Waals surface area (Å²) in [5.74, 6) is -1.42. The fraction of sp³-hybridized carbons (Fsp3) is 0.611. The van der Waals surface area contributed by atoms with Gasteiger partial charge in [0.1, 0.15) is 5.69 Å². The summed E-state index contributed by atoms with van der Waals surface area (Å²) in [5, 5.41) is 0. The molecule has 140 valence electrons. The molecule has 0 spiro atoms. The molecular formula is C18H28N2O5. The lowest BCUT2D eigenvalue weighted by atomic mass is 10.1. The van der Waals surface area contributed by atoms with Crippen LogP contribution in [-0.4, -0.2) is 53.0 Å². The van der Waals surface area contributed by atoms with Crippen LogP contribution in [0.3, 0.4) is 0 Å². The second-order valence-corrected chi connectivity index (χ2v) is 6.41. The molecule has 1 rings (SSSR count). The lowest BCUT2D eigenvalue weighted by molar-refractivity contribution is -0.138. The number of carbonyl (C=O) groups is 3. The van der Waals surface area contributed by atoms with Crippen LogP contribution < -0.4 is 0 Å². The molecule has 0 aromatic carbocycles. The van der Waals surface area contributed by atoms with Gasteiger partial charge in [-0.05, 0) is 54.0 Å². The Hall–Kier alpha value is -2.31. The summed E-state index contributed by atoms with van der Waals surface area (Å²) in [6.07, 6.45) is 0. The Morgan fingerprint density at radius 3 is 2.04 bits per heavy atom. The summed E-state index contributed by atoms with van der Waals surface area (Å²) in [6.45, 7) is 12.6. The number of hydrogen-bond acceptors (Lipinski definition) is 5. The zero-order chi connectivity index (χ0) is 19.3. The van der Waals surface area contributed by atoms with Crippen LogP contribution in [-0.2, 0) is 14.3 Å². The molecule has 0 unspecified atom stereocenters. The van der Waals surface area contributed by atoms with Crippen LogP contribution in [0, 0.1) is 13.8 Å². The van der Waals surface area contributed by atoms with E-state index in [0.717, 1.165) is 0 Å². The van der Waals surface area contributed by atoms with Crippen LogP contribution in [0.2, 0.25) is 0 Å². The molecule has 0 radical (unpaired) electrons. The number of amides is 1. The summed E-state index contributed by atoms with van der Waals surface area (Å²) in [5.41, 5.74) is 1.47. The zero-order valence-corrected chi connectivity index (χ0v) is 16.1. The van der Waals surface area contributed by atoms with Crippen LogP contribution in [0.4, 0.5) is 0 Å². The first-order valence-electron chi connectivity index (χ1n) is 8.46. The molecule has 0 saturated heterocycles. The molecule has 1 aromatic heterocycles. The number of esters is 2. The average Bonchev–Trinajstić information content (AvgIpc) is 2.79. The van der Waals surface area contributed by atoms with E-state index < -0.39 is 11.9 Å². The fourth-order valence-electron chi connectivity index (χ4n) is 2.91. The standard InChI is InChI=1S/C18H28N2O5/c1-8-24-17(22)15-12(6)16(19-13(15)7)18(23)25-9-14(21)20(10(2)3)11(4)5/h10-11,19H,8-9H2,1-7H3. The Labute approximate surface area is 148 Å². The maximum Gasteiger partial charge on any atom is 0.355 e. The number of aryl methyl sites for hydroxylation is 1. The Morgan fingerprint density at radius 1 is 1.00 bits per heavy atom.